The van der Waals surface area contributed by atoms with Gasteiger partial charge in [0.1, 0.15) is 17.0 Å². The van der Waals surface area contributed by atoms with E-state index < -0.39 is 0 Å². The third-order valence-corrected chi connectivity index (χ3v) is 7.51. The van der Waals surface area contributed by atoms with Crippen molar-refractivity contribution in [2.45, 2.75) is 39.3 Å². The standard InChI is InChI=1S/C31H32FN9O3/c1-3-4-13-41-37-29(36-38-41)28(21-5-7-23(32)8-6-21)39-14-16-40(17-15-39)31(43)26-18-22(11-12-33-26)30-35-25-19-24(34-20(2)42)9-10-27(25)44-30/h5-12,18-19,28H,3-4,13-17H2,1-2H3,(H,34,42)/t28-/m0/s1. The molecule has 1 saturated heterocycles. The SMILES string of the molecule is CCCCn1nnc([C@H](c2ccc(F)cc2)N2CCN(C(=O)c3cc(-c4nc5cc(NC(C)=O)ccc5o4)ccn3)CC2)n1. The minimum atomic E-state index is -0.324. The molecule has 0 bridgehead atoms. The number of tetrazole rings is 1. The molecule has 0 spiro atoms. The number of hydrogen-bond donors (Lipinski definition) is 1. The van der Waals surface area contributed by atoms with E-state index in [-0.39, 0.29) is 29.4 Å². The lowest BCUT2D eigenvalue weighted by Crippen LogP contribution is -2.50. The van der Waals surface area contributed by atoms with Crippen molar-refractivity contribution in [3.05, 3.63) is 83.7 Å². The highest BCUT2D eigenvalue weighted by Gasteiger charge is 2.32. The fraction of sp³-hybridized carbons (Fsp3) is 0.323. The van der Waals surface area contributed by atoms with Gasteiger partial charge in [-0.15, -0.1) is 10.2 Å². The number of anilines is 1. The third-order valence-electron chi connectivity index (χ3n) is 7.51. The number of piperazine rings is 1. The van der Waals surface area contributed by atoms with E-state index in [9.17, 15) is 14.0 Å². The number of carbonyl (C=O) groups is 2. The first-order valence-corrected chi connectivity index (χ1v) is 14.6. The topological polar surface area (TPSA) is 135 Å². The first kappa shape index (κ1) is 29.1. The van der Waals surface area contributed by atoms with Gasteiger partial charge in [0.05, 0.1) is 12.6 Å². The summed E-state index contributed by atoms with van der Waals surface area (Å²) in [5.74, 6) is 0.207. The largest absolute Gasteiger partial charge is 0.436 e. The monoisotopic (exact) mass is 597 g/mol. The van der Waals surface area contributed by atoms with Crippen LogP contribution in [0.3, 0.4) is 0 Å². The summed E-state index contributed by atoms with van der Waals surface area (Å²) in [6, 6.07) is 14.7. The Morgan fingerprint density at radius 3 is 2.59 bits per heavy atom. The first-order chi connectivity index (χ1) is 21.4. The number of carbonyl (C=O) groups excluding carboxylic acids is 2. The highest BCUT2D eigenvalue weighted by Crippen LogP contribution is 2.29. The van der Waals surface area contributed by atoms with Crippen LogP contribution in [0.1, 0.15) is 54.6 Å². The number of aryl methyl sites for hydroxylation is 1. The minimum Gasteiger partial charge on any atom is -0.436 e. The Hall–Kier alpha value is -5.04. The van der Waals surface area contributed by atoms with Gasteiger partial charge in [-0.1, -0.05) is 25.5 Å². The van der Waals surface area contributed by atoms with Crippen LogP contribution in [0.4, 0.5) is 10.1 Å². The molecule has 0 radical (unpaired) electrons. The Balaban J connectivity index is 1.17. The number of pyridine rings is 1. The number of amides is 2. The quantitative estimate of drug-likeness (QED) is 0.264. The van der Waals surface area contributed by atoms with Gasteiger partial charge in [-0.3, -0.25) is 19.5 Å². The van der Waals surface area contributed by atoms with Gasteiger partial charge < -0.3 is 14.6 Å². The molecule has 1 aliphatic heterocycles. The Morgan fingerprint density at radius 2 is 1.84 bits per heavy atom. The number of fused-ring (bicyclic) bond motifs is 1. The van der Waals surface area contributed by atoms with E-state index in [1.165, 1.54) is 19.1 Å². The van der Waals surface area contributed by atoms with Crippen LogP contribution < -0.4 is 5.32 Å². The van der Waals surface area contributed by atoms with Crippen molar-refractivity contribution >= 4 is 28.6 Å². The summed E-state index contributed by atoms with van der Waals surface area (Å²) in [6.07, 6.45) is 3.52. The zero-order valence-electron chi connectivity index (χ0n) is 24.5. The van der Waals surface area contributed by atoms with Crippen molar-refractivity contribution in [3.8, 4) is 11.5 Å². The fourth-order valence-corrected chi connectivity index (χ4v) is 5.29. The van der Waals surface area contributed by atoms with Crippen molar-refractivity contribution < 1.29 is 18.4 Å². The number of halogens is 1. The summed E-state index contributed by atoms with van der Waals surface area (Å²) in [6.45, 7) is 6.25. The highest BCUT2D eigenvalue weighted by molar-refractivity contribution is 5.94. The molecule has 3 aromatic heterocycles. The van der Waals surface area contributed by atoms with E-state index in [1.54, 1.807) is 58.4 Å². The van der Waals surface area contributed by atoms with Gasteiger partial charge in [-0.05, 0) is 59.7 Å². The molecule has 12 nitrogen and oxygen atoms in total. The lowest BCUT2D eigenvalue weighted by Gasteiger charge is -2.38. The lowest BCUT2D eigenvalue weighted by molar-refractivity contribution is -0.114. The molecule has 1 atom stereocenters. The van der Waals surface area contributed by atoms with Crippen molar-refractivity contribution in [1.82, 2.24) is 40.0 Å². The summed E-state index contributed by atoms with van der Waals surface area (Å²) in [7, 11) is 0. The molecule has 13 heteroatoms. The van der Waals surface area contributed by atoms with Gasteiger partial charge in [-0.25, -0.2) is 9.37 Å². The maximum Gasteiger partial charge on any atom is 0.272 e. The summed E-state index contributed by atoms with van der Waals surface area (Å²) >= 11 is 0. The molecule has 0 unspecified atom stereocenters. The maximum absolute atomic E-state index is 13.8. The average Bonchev–Trinajstić information content (AvgIpc) is 3.68. The second-order valence-corrected chi connectivity index (χ2v) is 10.7. The van der Waals surface area contributed by atoms with E-state index in [2.05, 4.69) is 42.5 Å². The average molecular weight is 598 g/mol. The third kappa shape index (κ3) is 6.32. The molecular weight excluding hydrogens is 565 g/mol. The van der Waals surface area contributed by atoms with Crippen LogP contribution in [-0.4, -0.2) is 78.0 Å². The van der Waals surface area contributed by atoms with Crippen LogP contribution >= 0.6 is 0 Å². The first-order valence-electron chi connectivity index (χ1n) is 14.6. The predicted molar refractivity (Wildman–Crippen MR) is 160 cm³/mol. The van der Waals surface area contributed by atoms with E-state index in [0.717, 1.165) is 18.4 Å². The number of nitrogens with one attached hydrogen (secondary N) is 1. The lowest BCUT2D eigenvalue weighted by atomic mass is 10.0. The number of hydrogen-bond acceptors (Lipinski definition) is 9. The molecule has 44 heavy (non-hydrogen) atoms. The molecule has 5 aromatic rings. The Labute approximate surface area is 252 Å². The van der Waals surface area contributed by atoms with Crippen LogP contribution in [0, 0.1) is 5.82 Å². The summed E-state index contributed by atoms with van der Waals surface area (Å²) < 4.78 is 19.7. The molecule has 1 aliphatic rings. The molecule has 6 rings (SSSR count). The zero-order chi connectivity index (χ0) is 30.6. The van der Waals surface area contributed by atoms with E-state index in [1.807, 2.05) is 0 Å². The van der Waals surface area contributed by atoms with Crippen LogP contribution in [0.5, 0.6) is 0 Å². The smallest absolute Gasteiger partial charge is 0.272 e. The van der Waals surface area contributed by atoms with Crippen molar-refractivity contribution in [2.24, 2.45) is 0 Å². The van der Waals surface area contributed by atoms with Gasteiger partial charge in [0.15, 0.2) is 11.4 Å². The van der Waals surface area contributed by atoms with Gasteiger partial charge in [0.2, 0.25) is 11.8 Å². The molecule has 4 heterocycles. The molecule has 1 N–H and O–H groups in total. The molecule has 0 aliphatic carbocycles. The maximum atomic E-state index is 13.8. The molecule has 0 saturated carbocycles. The molecule has 1 fully saturated rings. The van der Waals surface area contributed by atoms with Gasteiger partial charge in [0.25, 0.3) is 5.91 Å². The zero-order valence-corrected chi connectivity index (χ0v) is 24.5. The van der Waals surface area contributed by atoms with Gasteiger partial charge in [0, 0.05) is 50.6 Å². The van der Waals surface area contributed by atoms with Crippen molar-refractivity contribution in [2.75, 3.05) is 31.5 Å². The predicted octanol–water partition coefficient (Wildman–Crippen LogP) is 4.32. The van der Waals surface area contributed by atoms with Gasteiger partial charge >= 0.3 is 0 Å². The number of unbranched alkanes of at least 4 members (excludes halogenated alkanes) is 1. The Bertz CT molecular complexity index is 1780. The van der Waals surface area contributed by atoms with Crippen LogP contribution in [0.15, 0.2) is 65.2 Å². The van der Waals surface area contributed by atoms with Crippen LogP contribution in [0.2, 0.25) is 0 Å². The van der Waals surface area contributed by atoms with Crippen molar-refractivity contribution in [3.63, 3.8) is 0 Å². The minimum absolute atomic E-state index is 0.177. The Morgan fingerprint density at radius 1 is 1.05 bits per heavy atom. The molecule has 2 aromatic carbocycles. The molecule has 226 valence electrons. The Kier molecular flexibility index (Phi) is 8.37. The van der Waals surface area contributed by atoms with Crippen molar-refractivity contribution in [1.29, 1.82) is 0 Å². The molecule has 2 amide bonds. The summed E-state index contributed by atoms with van der Waals surface area (Å²) in [5, 5.41) is 15.9. The number of oxazole rings is 1. The van der Waals surface area contributed by atoms with E-state index in [0.29, 0.717) is 66.8 Å². The van der Waals surface area contributed by atoms with E-state index in [4.69, 9.17) is 4.42 Å². The second kappa shape index (κ2) is 12.7. The van der Waals surface area contributed by atoms with Gasteiger partial charge in [-0.2, -0.15) is 4.80 Å². The van der Waals surface area contributed by atoms with Crippen LogP contribution in [0.25, 0.3) is 22.6 Å². The number of nitrogens with zero attached hydrogens (tertiary/aromatic N) is 8. The fourth-order valence-electron chi connectivity index (χ4n) is 5.29. The normalized spacial score (nSPS) is 14.6. The number of rotatable bonds is 9. The number of aromatic nitrogens is 6. The highest BCUT2D eigenvalue weighted by atomic mass is 19.1. The number of benzene rings is 2. The van der Waals surface area contributed by atoms with Crippen LogP contribution in [-0.2, 0) is 11.3 Å². The molecular formula is C31H32FN9O3. The summed E-state index contributed by atoms with van der Waals surface area (Å²) in [5.41, 5.74) is 3.53. The second-order valence-electron chi connectivity index (χ2n) is 10.7. The van der Waals surface area contributed by atoms with E-state index >= 15 is 0 Å². The summed E-state index contributed by atoms with van der Waals surface area (Å²) in [4.78, 5) is 39.4.